The first-order valence-electron chi connectivity index (χ1n) is 4.58. The van der Waals surface area contributed by atoms with Gasteiger partial charge in [-0.15, -0.1) is 11.3 Å². The van der Waals surface area contributed by atoms with Crippen molar-refractivity contribution in [3.63, 3.8) is 0 Å². The monoisotopic (exact) mass is 317 g/mol. The molecule has 0 aliphatic carbocycles. The zero-order valence-corrected chi connectivity index (χ0v) is 11.2. The van der Waals surface area contributed by atoms with Gasteiger partial charge in [0.05, 0.1) is 6.61 Å². The fourth-order valence-electron chi connectivity index (χ4n) is 1.30. The highest BCUT2D eigenvalue weighted by molar-refractivity contribution is 9.10. The number of hydrogen-bond donors (Lipinski definition) is 1. The summed E-state index contributed by atoms with van der Waals surface area (Å²) in [4.78, 5) is 15.9. The number of halogens is 1. The van der Waals surface area contributed by atoms with Gasteiger partial charge in [0, 0.05) is 11.6 Å². The summed E-state index contributed by atoms with van der Waals surface area (Å²) in [7, 11) is 1.47. The maximum Gasteiger partial charge on any atom is 0.373 e. The Morgan fingerprint density at radius 1 is 1.71 bits per heavy atom. The van der Waals surface area contributed by atoms with E-state index in [1.165, 1.54) is 18.4 Å². The molecule has 0 amide bonds. The van der Waals surface area contributed by atoms with Crippen molar-refractivity contribution >= 4 is 33.2 Å². The number of thiophene rings is 1. The van der Waals surface area contributed by atoms with Gasteiger partial charge in [0.2, 0.25) is 11.7 Å². The molecular weight excluding hydrogens is 310 g/mol. The lowest BCUT2D eigenvalue weighted by atomic mass is 10.3. The van der Waals surface area contributed by atoms with Crippen LogP contribution in [0.3, 0.4) is 0 Å². The van der Waals surface area contributed by atoms with E-state index in [-0.39, 0.29) is 24.0 Å². The van der Waals surface area contributed by atoms with Crippen LogP contribution in [0, 0.1) is 0 Å². The molecule has 0 bridgehead atoms. The molecule has 7 heteroatoms. The van der Waals surface area contributed by atoms with Crippen LogP contribution in [0.2, 0.25) is 0 Å². The molecule has 2 rings (SSSR count). The van der Waals surface area contributed by atoms with Gasteiger partial charge in [-0.1, -0.05) is 0 Å². The normalized spacial score (nSPS) is 10.7. The minimum Gasteiger partial charge on any atom is -0.475 e. The molecule has 2 aromatic heterocycles. The van der Waals surface area contributed by atoms with Crippen LogP contribution in [0.1, 0.15) is 16.2 Å². The molecule has 0 unspecified atom stereocenters. The van der Waals surface area contributed by atoms with Crippen LogP contribution in [0.4, 0.5) is 0 Å². The Balaban J connectivity index is 2.47. The van der Waals surface area contributed by atoms with Crippen molar-refractivity contribution in [3.05, 3.63) is 27.4 Å². The Bertz CT molecular complexity index is 548. The Morgan fingerprint density at radius 2 is 2.47 bits per heavy atom. The minimum atomic E-state index is -1.15. The third-order valence-electron chi connectivity index (χ3n) is 1.98. The van der Waals surface area contributed by atoms with Crippen molar-refractivity contribution in [3.8, 4) is 10.8 Å². The minimum absolute atomic E-state index is 0.105. The van der Waals surface area contributed by atoms with Gasteiger partial charge in [-0.05, 0) is 27.4 Å². The molecule has 2 heterocycles. The zero-order valence-electron chi connectivity index (χ0n) is 8.77. The molecule has 2 aromatic rings. The van der Waals surface area contributed by atoms with E-state index in [4.69, 9.17) is 14.3 Å². The van der Waals surface area contributed by atoms with Crippen molar-refractivity contribution in [2.75, 3.05) is 7.11 Å². The number of ether oxygens (including phenoxy) is 1. The third kappa shape index (κ3) is 2.41. The third-order valence-corrected chi connectivity index (χ3v) is 3.81. The van der Waals surface area contributed by atoms with Crippen molar-refractivity contribution in [1.29, 1.82) is 0 Å². The molecule has 0 spiro atoms. The highest BCUT2D eigenvalue weighted by Gasteiger charge is 2.21. The zero-order chi connectivity index (χ0) is 12.4. The van der Waals surface area contributed by atoms with Crippen LogP contribution in [0.15, 0.2) is 20.3 Å². The molecule has 5 nitrogen and oxygen atoms in total. The number of nitrogens with zero attached hydrogens (tertiary/aromatic N) is 1. The number of aromatic nitrogens is 1. The summed E-state index contributed by atoms with van der Waals surface area (Å²) in [5.41, 5.74) is 0.287. The molecule has 0 aliphatic rings. The summed E-state index contributed by atoms with van der Waals surface area (Å²) in [5.74, 6) is -1.04. The van der Waals surface area contributed by atoms with Gasteiger partial charge < -0.3 is 14.3 Å². The molecule has 0 fully saturated rings. The first-order chi connectivity index (χ1) is 8.13. The second-order valence-electron chi connectivity index (χ2n) is 3.13. The van der Waals surface area contributed by atoms with Gasteiger partial charge in [0.1, 0.15) is 10.6 Å². The Labute approximate surface area is 109 Å². The fourth-order valence-corrected chi connectivity index (χ4v) is 2.76. The highest BCUT2D eigenvalue weighted by atomic mass is 79.9. The summed E-state index contributed by atoms with van der Waals surface area (Å²) in [6.07, 6.45) is 0. The Morgan fingerprint density at radius 3 is 3.00 bits per heavy atom. The quantitative estimate of drug-likeness (QED) is 0.938. The van der Waals surface area contributed by atoms with E-state index < -0.39 is 5.97 Å². The molecule has 0 radical (unpaired) electrons. The van der Waals surface area contributed by atoms with Crippen LogP contribution in [0.25, 0.3) is 10.8 Å². The highest BCUT2D eigenvalue weighted by Crippen LogP contribution is 2.34. The molecule has 0 aliphatic heterocycles. The standard InChI is InChI=1S/C10H8BrNO4S/c1-15-4-6-7(10(13)14)16-9(12-6)8-5(11)2-3-17-8/h2-3H,4H2,1H3,(H,13,14). The van der Waals surface area contributed by atoms with Crippen LogP contribution in [-0.2, 0) is 11.3 Å². The van der Waals surface area contributed by atoms with Crippen LogP contribution >= 0.6 is 27.3 Å². The molecule has 0 aromatic carbocycles. The second kappa shape index (κ2) is 4.99. The summed E-state index contributed by atoms with van der Waals surface area (Å²) in [6, 6.07) is 1.85. The summed E-state index contributed by atoms with van der Waals surface area (Å²) >= 11 is 4.76. The maximum absolute atomic E-state index is 11.0. The average molecular weight is 318 g/mol. The second-order valence-corrected chi connectivity index (χ2v) is 4.90. The lowest BCUT2D eigenvalue weighted by Crippen LogP contribution is -2.00. The number of rotatable bonds is 4. The van der Waals surface area contributed by atoms with Gasteiger partial charge in [-0.25, -0.2) is 9.78 Å². The van der Waals surface area contributed by atoms with Gasteiger partial charge in [0.15, 0.2) is 0 Å². The maximum atomic E-state index is 11.0. The molecule has 1 N–H and O–H groups in total. The molecule has 90 valence electrons. The fraction of sp³-hybridized carbons (Fsp3) is 0.200. The summed E-state index contributed by atoms with van der Waals surface area (Å²) < 4.78 is 11.0. The number of carboxylic acid groups (broad SMARTS) is 1. The predicted molar refractivity (Wildman–Crippen MR) is 65.2 cm³/mol. The molecule has 0 saturated heterocycles. The van der Waals surface area contributed by atoms with Gasteiger partial charge >= 0.3 is 5.97 Å². The molecule has 17 heavy (non-hydrogen) atoms. The largest absolute Gasteiger partial charge is 0.475 e. The lowest BCUT2D eigenvalue weighted by molar-refractivity contribution is 0.0656. The van der Waals surface area contributed by atoms with Crippen molar-refractivity contribution in [1.82, 2.24) is 4.98 Å². The topological polar surface area (TPSA) is 72.6 Å². The van der Waals surface area contributed by atoms with Gasteiger partial charge in [-0.2, -0.15) is 0 Å². The Hall–Kier alpha value is -1.18. The van der Waals surface area contributed by atoms with E-state index in [1.54, 1.807) is 0 Å². The van der Waals surface area contributed by atoms with Crippen molar-refractivity contribution in [2.24, 2.45) is 0 Å². The first-order valence-corrected chi connectivity index (χ1v) is 6.26. The van der Waals surface area contributed by atoms with Gasteiger partial charge in [-0.3, -0.25) is 0 Å². The number of methoxy groups -OCH3 is 1. The number of oxazole rings is 1. The van der Waals surface area contributed by atoms with E-state index in [0.717, 1.165) is 9.35 Å². The number of hydrogen-bond acceptors (Lipinski definition) is 5. The van der Waals surface area contributed by atoms with Gasteiger partial charge in [0.25, 0.3) is 0 Å². The van der Waals surface area contributed by atoms with E-state index in [1.807, 2.05) is 11.4 Å². The van der Waals surface area contributed by atoms with Crippen molar-refractivity contribution in [2.45, 2.75) is 6.61 Å². The molecule has 0 saturated carbocycles. The molecular formula is C10H8BrNO4S. The summed E-state index contributed by atoms with van der Waals surface area (Å²) in [6.45, 7) is 0.105. The number of carboxylic acids is 1. The molecule has 0 atom stereocenters. The van der Waals surface area contributed by atoms with Crippen LogP contribution in [0.5, 0.6) is 0 Å². The first kappa shape index (κ1) is 12.3. The predicted octanol–water partition coefficient (Wildman–Crippen LogP) is 3.01. The van der Waals surface area contributed by atoms with E-state index in [2.05, 4.69) is 20.9 Å². The SMILES string of the molecule is COCc1nc(-c2sccc2Br)oc1C(=O)O. The van der Waals surface area contributed by atoms with Crippen molar-refractivity contribution < 1.29 is 19.1 Å². The van der Waals surface area contributed by atoms with Crippen LogP contribution < -0.4 is 0 Å². The average Bonchev–Trinajstić information content (AvgIpc) is 2.84. The lowest BCUT2D eigenvalue weighted by Gasteiger charge is -1.92. The Kier molecular flexibility index (Phi) is 3.60. The smallest absolute Gasteiger partial charge is 0.373 e. The number of aromatic carboxylic acids is 1. The van der Waals surface area contributed by atoms with E-state index >= 15 is 0 Å². The van der Waals surface area contributed by atoms with E-state index in [0.29, 0.717) is 0 Å². The van der Waals surface area contributed by atoms with E-state index in [9.17, 15) is 4.79 Å². The summed E-state index contributed by atoms with van der Waals surface area (Å²) in [5, 5.41) is 10.8. The van der Waals surface area contributed by atoms with Crippen LogP contribution in [-0.4, -0.2) is 23.2 Å². The number of carbonyl (C=O) groups is 1.